The average molecular weight is 523 g/mol. The van der Waals surface area contributed by atoms with Crippen molar-refractivity contribution in [3.8, 4) is 0 Å². The van der Waals surface area contributed by atoms with E-state index < -0.39 is 14.1 Å². The molecule has 200 valence electrons. The van der Waals surface area contributed by atoms with Crippen LogP contribution in [0.15, 0.2) is 60.7 Å². The summed E-state index contributed by atoms with van der Waals surface area (Å²) >= 11 is 0. The zero-order chi connectivity index (χ0) is 26.3. The van der Waals surface area contributed by atoms with Crippen molar-refractivity contribution in [3.63, 3.8) is 0 Å². The van der Waals surface area contributed by atoms with Gasteiger partial charge in [0.05, 0.1) is 23.7 Å². The maximum absolute atomic E-state index is 12.1. The van der Waals surface area contributed by atoms with E-state index in [2.05, 4.69) is 88.4 Å². The Kier molecular flexibility index (Phi) is 7.16. The molecule has 3 fully saturated rings. The van der Waals surface area contributed by atoms with Gasteiger partial charge in [0.1, 0.15) is 0 Å². The monoisotopic (exact) mass is 522 g/mol. The summed E-state index contributed by atoms with van der Waals surface area (Å²) in [6.45, 7) is 11.7. The molecule has 2 aromatic carbocycles. The van der Waals surface area contributed by atoms with Crippen LogP contribution >= 0.6 is 0 Å². The average Bonchev–Trinajstić information content (AvgIpc) is 3.15. The first-order valence-corrected chi connectivity index (χ1v) is 15.8. The van der Waals surface area contributed by atoms with E-state index in [1.807, 2.05) is 6.92 Å². The maximum atomic E-state index is 12.1. The lowest BCUT2D eigenvalue weighted by Gasteiger charge is -2.52. The minimum atomic E-state index is -2.55. The predicted molar refractivity (Wildman–Crippen MR) is 147 cm³/mol. The summed E-state index contributed by atoms with van der Waals surface area (Å²) in [7, 11) is -2.55. The van der Waals surface area contributed by atoms with Gasteiger partial charge in [-0.3, -0.25) is 4.79 Å². The molecule has 0 radical (unpaired) electrons. The van der Waals surface area contributed by atoms with Crippen LogP contribution in [0, 0.1) is 5.92 Å². The molecule has 5 nitrogen and oxygen atoms in total. The molecule has 3 saturated heterocycles. The van der Waals surface area contributed by atoms with Gasteiger partial charge in [-0.2, -0.15) is 0 Å². The first kappa shape index (κ1) is 26.6. The third-order valence-corrected chi connectivity index (χ3v) is 13.8. The number of benzene rings is 2. The Morgan fingerprint density at radius 2 is 1.57 bits per heavy atom. The summed E-state index contributed by atoms with van der Waals surface area (Å²) in [5.74, 6) is -0.984. The van der Waals surface area contributed by atoms with E-state index >= 15 is 0 Å². The van der Waals surface area contributed by atoms with Gasteiger partial charge in [0.25, 0.3) is 8.32 Å². The predicted octanol–water partition coefficient (Wildman–Crippen LogP) is 5.35. The van der Waals surface area contributed by atoms with Gasteiger partial charge in [0.2, 0.25) is 5.79 Å². The van der Waals surface area contributed by atoms with E-state index in [9.17, 15) is 4.79 Å². The van der Waals surface area contributed by atoms with E-state index in [1.54, 1.807) is 0 Å². The molecule has 0 aromatic heterocycles. The number of esters is 1. The zero-order valence-electron chi connectivity index (χ0n) is 23.0. The van der Waals surface area contributed by atoms with Crippen LogP contribution in [-0.2, 0) is 23.4 Å². The molecule has 3 heterocycles. The topological polar surface area (TPSA) is 54.0 Å². The number of fused-ring (bicyclic) bond motifs is 1. The Hall–Kier alpha value is -1.99. The molecule has 5 atom stereocenters. The van der Waals surface area contributed by atoms with Crippen LogP contribution < -0.4 is 10.4 Å². The largest absolute Gasteiger partial charge is 0.433 e. The number of carbonyl (C=O) groups excluding carboxylic acids is 1. The third-order valence-electron chi connectivity index (χ3n) is 8.71. The van der Waals surface area contributed by atoms with Gasteiger partial charge in [-0.1, -0.05) is 88.4 Å². The fourth-order valence-electron chi connectivity index (χ4n) is 6.73. The van der Waals surface area contributed by atoms with Crippen LogP contribution in [0.2, 0.25) is 5.04 Å². The molecule has 0 amide bonds. The fourth-order valence-corrected chi connectivity index (χ4v) is 11.3. The lowest BCUT2D eigenvalue weighted by atomic mass is 9.80. The highest BCUT2D eigenvalue weighted by Gasteiger charge is 2.57. The zero-order valence-corrected chi connectivity index (χ0v) is 24.0. The summed E-state index contributed by atoms with van der Waals surface area (Å²) in [5, 5.41) is 2.56. The minimum Gasteiger partial charge on any atom is -0.433 e. The van der Waals surface area contributed by atoms with Crippen molar-refractivity contribution in [1.82, 2.24) is 0 Å². The second-order valence-electron chi connectivity index (χ2n) is 12.5. The van der Waals surface area contributed by atoms with Crippen molar-refractivity contribution >= 4 is 24.7 Å². The Morgan fingerprint density at radius 3 is 2.11 bits per heavy atom. The molecule has 5 rings (SSSR count). The second kappa shape index (κ2) is 9.95. The molecule has 0 N–H and O–H groups in total. The third kappa shape index (κ3) is 4.94. The van der Waals surface area contributed by atoms with E-state index in [1.165, 1.54) is 10.4 Å². The lowest BCUT2D eigenvalue weighted by molar-refractivity contribution is -0.321. The van der Waals surface area contributed by atoms with Crippen LogP contribution in [-0.4, -0.2) is 44.5 Å². The van der Waals surface area contributed by atoms with Gasteiger partial charge < -0.3 is 18.6 Å². The number of ether oxygens (including phenoxy) is 3. The highest BCUT2D eigenvalue weighted by atomic mass is 28.4. The molecular formula is C31H42O5Si. The lowest BCUT2D eigenvalue weighted by Crippen LogP contribution is -2.66. The molecule has 0 saturated carbocycles. The molecule has 1 spiro atoms. The first-order valence-electron chi connectivity index (χ1n) is 13.9. The summed E-state index contributed by atoms with van der Waals surface area (Å²) in [5.41, 5.74) is -0.357. The van der Waals surface area contributed by atoms with Gasteiger partial charge in [-0.05, 0) is 48.0 Å². The van der Waals surface area contributed by atoms with Crippen molar-refractivity contribution < 1.29 is 23.4 Å². The van der Waals surface area contributed by atoms with Crippen molar-refractivity contribution in [2.24, 2.45) is 5.92 Å². The molecule has 37 heavy (non-hydrogen) atoms. The summed E-state index contributed by atoms with van der Waals surface area (Å²) in [6.07, 6.45) is 4.94. The Morgan fingerprint density at radius 1 is 0.946 bits per heavy atom. The number of carbonyl (C=O) groups is 1. The fraction of sp³-hybridized carbons (Fsp3) is 0.581. The molecular weight excluding hydrogens is 480 g/mol. The quantitative estimate of drug-likeness (QED) is 0.378. The maximum Gasteiger partial charge on any atom is 0.311 e. The minimum absolute atomic E-state index is 0.0401. The van der Waals surface area contributed by atoms with Gasteiger partial charge in [-0.25, -0.2) is 0 Å². The van der Waals surface area contributed by atoms with E-state index in [4.69, 9.17) is 18.6 Å². The SMILES string of the molecule is C[C@H]1C[C@]2(CC[C@]3(C)O[C@H](CCO[Si](c4ccccc4)(c4ccccc4)C(C)(C)C)CC[C@H]3O2)OC1=O. The highest BCUT2D eigenvalue weighted by molar-refractivity contribution is 6.99. The molecule has 0 aliphatic carbocycles. The highest BCUT2D eigenvalue weighted by Crippen LogP contribution is 2.48. The van der Waals surface area contributed by atoms with E-state index in [-0.39, 0.29) is 34.7 Å². The molecule has 6 heteroatoms. The standard InChI is InChI=1S/C31H42O5Si/c1-23-22-31(36-28(23)32)20-19-30(5)27(35-31)17-16-24(34-30)18-21-33-37(29(2,3)4,25-12-8-6-9-13-25)26-14-10-7-11-15-26/h6-15,23-24,27H,16-22H2,1-5H3/t23-,24-,27+,30-,31-/m0/s1. The van der Waals surface area contributed by atoms with Crippen LogP contribution in [0.25, 0.3) is 0 Å². The van der Waals surface area contributed by atoms with Crippen molar-refractivity contribution in [2.75, 3.05) is 6.61 Å². The van der Waals surface area contributed by atoms with Crippen molar-refractivity contribution in [1.29, 1.82) is 0 Å². The Bertz CT molecular complexity index is 1040. The van der Waals surface area contributed by atoms with Crippen LogP contribution in [0.5, 0.6) is 0 Å². The molecule has 0 unspecified atom stereocenters. The van der Waals surface area contributed by atoms with Crippen LogP contribution in [0.4, 0.5) is 0 Å². The Balaban J connectivity index is 1.29. The van der Waals surface area contributed by atoms with Gasteiger partial charge in [0.15, 0.2) is 0 Å². The first-order chi connectivity index (χ1) is 17.6. The summed E-state index contributed by atoms with van der Waals surface area (Å²) in [4.78, 5) is 12.1. The Labute approximate surface area is 223 Å². The number of hydrogen-bond donors (Lipinski definition) is 0. The van der Waals surface area contributed by atoms with Crippen molar-refractivity contribution in [3.05, 3.63) is 60.7 Å². The second-order valence-corrected chi connectivity index (χ2v) is 16.8. The van der Waals surface area contributed by atoms with E-state index in [0.717, 1.165) is 25.7 Å². The number of hydrogen-bond acceptors (Lipinski definition) is 5. The molecule has 3 aliphatic rings. The number of rotatable bonds is 6. The van der Waals surface area contributed by atoms with Gasteiger partial charge in [-0.15, -0.1) is 0 Å². The molecule has 3 aliphatic heterocycles. The molecule has 0 bridgehead atoms. The normalized spacial score (nSPS) is 32.2. The van der Waals surface area contributed by atoms with Gasteiger partial charge in [0, 0.05) is 19.4 Å². The van der Waals surface area contributed by atoms with E-state index in [0.29, 0.717) is 19.4 Å². The molecule has 2 aromatic rings. The van der Waals surface area contributed by atoms with Crippen LogP contribution in [0.1, 0.15) is 73.1 Å². The van der Waals surface area contributed by atoms with Gasteiger partial charge >= 0.3 is 5.97 Å². The van der Waals surface area contributed by atoms with Crippen molar-refractivity contribution in [2.45, 2.75) is 102 Å². The summed E-state index contributed by atoms with van der Waals surface area (Å²) in [6, 6.07) is 21.6. The van der Waals surface area contributed by atoms with Crippen LogP contribution in [0.3, 0.4) is 0 Å². The summed E-state index contributed by atoms with van der Waals surface area (Å²) < 4.78 is 26.0. The smallest absolute Gasteiger partial charge is 0.311 e.